The van der Waals surface area contributed by atoms with Crippen molar-refractivity contribution in [3.8, 4) is 5.75 Å². The number of hydrogen-bond acceptors (Lipinski definition) is 5. The zero-order valence-corrected chi connectivity index (χ0v) is 18.9. The van der Waals surface area contributed by atoms with Gasteiger partial charge in [-0.1, -0.05) is 35.3 Å². The van der Waals surface area contributed by atoms with Crippen LogP contribution in [0.15, 0.2) is 55.0 Å². The summed E-state index contributed by atoms with van der Waals surface area (Å²) in [6, 6.07) is 12.8. The Morgan fingerprint density at radius 3 is 2.59 bits per heavy atom. The number of carbonyl (C=O) groups excluding carboxylic acids is 1. The maximum atomic E-state index is 12.5. The van der Waals surface area contributed by atoms with Crippen LogP contribution in [-0.2, 0) is 13.3 Å². The molecule has 10 heteroatoms. The largest absolute Gasteiger partial charge is 0.471 e. The number of anilines is 1. The van der Waals surface area contributed by atoms with Crippen LogP contribution in [0, 0.1) is 13.8 Å². The Hall–Kier alpha value is -3.36. The third-order valence-corrected chi connectivity index (χ3v) is 5.47. The first-order chi connectivity index (χ1) is 15.4. The van der Waals surface area contributed by atoms with Crippen LogP contribution in [0.1, 0.15) is 27.2 Å². The molecule has 2 heterocycles. The highest BCUT2D eigenvalue weighted by atomic mass is 35.5. The van der Waals surface area contributed by atoms with Gasteiger partial charge in [0.05, 0.1) is 6.54 Å². The second kappa shape index (κ2) is 9.42. The molecule has 32 heavy (non-hydrogen) atoms. The molecule has 4 aromatic rings. The molecule has 0 aliphatic heterocycles. The second-order valence-electron chi connectivity index (χ2n) is 7.23. The van der Waals surface area contributed by atoms with E-state index in [-0.39, 0.29) is 18.4 Å². The van der Waals surface area contributed by atoms with E-state index >= 15 is 0 Å². The maximum absolute atomic E-state index is 12.5. The molecule has 2 aromatic carbocycles. The average Bonchev–Trinajstić information content (AvgIpc) is 3.40. The Morgan fingerprint density at radius 1 is 1.06 bits per heavy atom. The fraction of sp³-hybridized carbons (Fsp3) is 0.182. The molecule has 0 radical (unpaired) electrons. The van der Waals surface area contributed by atoms with Gasteiger partial charge in [-0.25, -0.2) is 14.3 Å². The number of hydrogen-bond donors (Lipinski definition) is 1. The first-order valence-corrected chi connectivity index (χ1v) is 10.5. The molecule has 0 saturated heterocycles. The summed E-state index contributed by atoms with van der Waals surface area (Å²) in [5, 5.41) is 12.5. The Balaban J connectivity index is 1.34. The molecular formula is C22H20Cl2N6O2. The number of halogens is 2. The number of aryl methyl sites for hydroxylation is 2. The Morgan fingerprint density at radius 2 is 1.84 bits per heavy atom. The molecule has 2 aromatic heterocycles. The van der Waals surface area contributed by atoms with E-state index in [0.29, 0.717) is 17.3 Å². The fourth-order valence-corrected chi connectivity index (χ4v) is 3.42. The van der Waals surface area contributed by atoms with Gasteiger partial charge in [0.2, 0.25) is 5.95 Å². The van der Waals surface area contributed by atoms with Gasteiger partial charge in [-0.3, -0.25) is 10.1 Å². The Labute approximate surface area is 194 Å². The van der Waals surface area contributed by atoms with E-state index in [0.717, 1.165) is 21.7 Å². The molecule has 0 saturated carbocycles. The normalized spacial score (nSPS) is 10.9. The zero-order chi connectivity index (χ0) is 22.7. The van der Waals surface area contributed by atoms with E-state index in [1.807, 2.05) is 44.2 Å². The summed E-state index contributed by atoms with van der Waals surface area (Å²) in [4.78, 5) is 16.6. The van der Waals surface area contributed by atoms with Crippen LogP contribution in [0.4, 0.5) is 5.95 Å². The smallest absolute Gasteiger partial charge is 0.278 e. The first kappa shape index (κ1) is 21.9. The molecule has 4 rings (SSSR count). The first-order valence-electron chi connectivity index (χ1n) is 9.75. The summed E-state index contributed by atoms with van der Waals surface area (Å²) in [5.74, 6) is 0.456. The van der Waals surface area contributed by atoms with Crippen LogP contribution >= 0.6 is 23.2 Å². The number of amides is 1. The van der Waals surface area contributed by atoms with Crippen LogP contribution in [0.3, 0.4) is 0 Å². The number of rotatable bonds is 7. The molecule has 0 unspecified atom stereocenters. The quantitative estimate of drug-likeness (QED) is 0.421. The van der Waals surface area contributed by atoms with E-state index in [4.69, 9.17) is 27.9 Å². The van der Waals surface area contributed by atoms with E-state index in [1.165, 1.54) is 4.68 Å². The van der Waals surface area contributed by atoms with Crippen molar-refractivity contribution in [3.05, 3.63) is 87.4 Å². The molecule has 164 valence electrons. The van der Waals surface area contributed by atoms with Crippen molar-refractivity contribution in [2.75, 3.05) is 5.32 Å². The second-order valence-corrected chi connectivity index (χ2v) is 8.05. The number of carbonyl (C=O) groups is 1. The summed E-state index contributed by atoms with van der Waals surface area (Å²) in [7, 11) is 0. The lowest BCUT2D eigenvalue weighted by molar-refractivity contribution is 0.101. The van der Waals surface area contributed by atoms with Crippen LogP contribution in [-0.4, -0.2) is 30.5 Å². The van der Waals surface area contributed by atoms with E-state index in [2.05, 4.69) is 20.5 Å². The lowest BCUT2D eigenvalue weighted by atomic mass is 10.1. The third-order valence-electron chi connectivity index (χ3n) is 4.64. The molecular weight excluding hydrogens is 451 g/mol. The van der Waals surface area contributed by atoms with Crippen molar-refractivity contribution in [2.24, 2.45) is 0 Å². The number of aromatic nitrogens is 5. The monoisotopic (exact) mass is 470 g/mol. The van der Waals surface area contributed by atoms with Gasteiger partial charge in [0, 0.05) is 16.2 Å². The van der Waals surface area contributed by atoms with Crippen LogP contribution in [0.25, 0.3) is 0 Å². The van der Waals surface area contributed by atoms with Crippen LogP contribution < -0.4 is 10.1 Å². The summed E-state index contributed by atoms with van der Waals surface area (Å²) in [5.41, 5.74) is 3.07. The van der Waals surface area contributed by atoms with Crippen molar-refractivity contribution < 1.29 is 9.53 Å². The highest BCUT2D eigenvalue weighted by Crippen LogP contribution is 2.26. The molecule has 0 aliphatic carbocycles. The lowest BCUT2D eigenvalue weighted by Gasteiger charge is -2.10. The Bertz CT molecular complexity index is 1240. The van der Waals surface area contributed by atoms with Gasteiger partial charge in [0.25, 0.3) is 5.91 Å². The highest BCUT2D eigenvalue weighted by molar-refractivity contribution is 6.32. The average molecular weight is 471 g/mol. The maximum Gasteiger partial charge on any atom is 0.278 e. The molecule has 0 spiro atoms. The molecule has 8 nitrogen and oxygen atoms in total. The summed E-state index contributed by atoms with van der Waals surface area (Å²) in [6.07, 6.45) is 3.20. The van der Waals surface area contributed by atoms with Gasteiger partial charge < -0.3 is 4.74 Å². The molecule has 0 aliphatic rings. The van der Waals surface area contributed by atoms with Crippen LogP contribution in [0.5, 0.6) is 5.75 Å². The van der Waals surface area contributed by atoms with Crippen molar-refractivity contribution in [1.29, 1.82) is 0 Å². The summed E-state index contributed by atoms with van der Waals surface area (Å²) < 4.78 is 8.90. The highest BCUT2D eigenvalue weighted by Gasteiger charge is 2.13. The summed E-state index contributed by atoms with van der Waals surface area (Å²) in [6.45, 7) is 4.48. The predicted molar refractivity (Wildman–Crippen MR) is 122 cm³/mol. The molecule has 1 amide bonds. The Kier molecular flexibility index (Phi) is 6.43. The number of nitrogens with zero attached hydrogens (tertiary/aromatic N) is 5. The number of ether oxygens (including phenoxy) is 1. The molecule has 0 fully saturated rings. The van der Waals surface area contributed by atoms with Crippen LogP contribution in [0.2, 0.25) is 10.0 Å². The van der Waals surface area contributed by atoms with Crippen molar-refractivity contribution in [2.45, 2.75) is 27.1 Å². The lowest BCUT2D eigenvalue weighted by Crippen LogP contribution is -2.15. The van der Waals surface area contributed by atoms with Gasteiger partial charge in [0.15, 0.2) is 12.4 Å². The van der Waals surface area contributed by atoms with Crippen molar-refractivity contribution >= 4 is 35.1 Å². The zero-order valence-electron chi connectivity index (χ0n) is 17.4. The van der Waals surface area contributed by atoms with Gasteiger partial charge >= 0.3 is 0 Å². The topological polar surface area (TPSA) is 86.9 Å². The van der Waals surface area contributed by atoms with Crippen molar-refractivity contribution in [1.82, 2.24) is 24.5 Å². The minimum atomic E-state index is -0.414. The predicted octanol–water partition coefficient (Wildman–Crippen LogP) is 4.74. The van der Waals surface area contributed by atoms with E-state index in [9.17, 15) is 4.79 Å². The third kappa shape index (κ3) is 5.27. The standard InChI is InChI=1S/C22H20Cl2N6O2/c1-14-8-18(9-15(2)20(14)24)32-13-29-7-6-19(27-29)21(31)26-22-25-12-30(28-22)11-16-4-3-5-17(23)10-16/h3-10,12H,11,13H2,1-2H3,(H,26,28,31). The SMILES string of the molecule is Cc1cc(OCn2ccc(C(=O)Nc3ncn(Cc4cccc(Cl)c4)n3)n2)cc(C)c1Cl. The van der Waals surface area contributed by atoms with Gasteiger partial charge in [-0.2, -0.15) is 5.10 Å². The molecule has 0 bridgehead atoms. The molecule has 1 N–H and O–H groups in total. The van der Waals surface area contributed by atoms with Crippen molar-refractivity contribution in [3.63, 3.8) is 0 Å². The minimum Gasteiger partial charge on any atom is -0.471 e. The minimum absolute atomic E-state index is 0.153. The molecule has 0 atom stereocenters. The van der Waals surface area contributed by atoms with Gasteiger partial charge in [-0.05, 0) is 60.9 Å². The van der Waals surface area contributed by atoms with E-state index in [1.54, 1.807) is 29.3 Å². The number of benzene rings is 2. The van der Waals surface area contributed by atoms with Gasteiger partial charge in [0.1, 0.15) is 12.1 Å². The van der Waals surface area contributed by atoms with E-state index < -0.39 is 5.91 Å². The number of nitrogens with one attached hydrogen (secondary N) is 1. The fourth-order valence-electron chi connectivity index (χ4n) is 3.10. The summed E-state index contributed by atoms with van der Waals surface area (Å²) >= 11 is 12.2. The van der Waals surface area contributed by atoms with Gasteiger partial charge in [-0.15, -0.1) is 5.10 Å².